The van der Waals surface area contributed by atoms with Gasteiger partial charge in [-0.1, -0.05) is 6.07 Å². The molecule has 0 amide bonds. The molecule has 2 N–H and O–H groups in total. The van der Waals surface area contributed by atoms with Crippen LogP contribution in [0.15, 0.2) is 18.2 Å². The Bertz CT molecular complexity index is 323. The maximum atomic E-state index is 10.5. The van der Waals surface area contributed by atoms with E-state index in [9.17, 15) is 10.1 Å². The van der Waals surface area contributed by atoms with Crippen LogP contribution in [0.3, 0.4) is 0 Å². The average molecular weight is 180 g/mol. The highest BCUT2D eigenvalue weighted by atomic mass is 16.6. The van der Waals surface area contributed by atoms with Crippen molar-refractivity contribution in [2.45, 2.75) is 13.3 Å². The normalized spacial score (nSPS) is 10.0. The second-order valence-corrected chi connectivity index (χ2v) is 2.92. The Balaban J connectivity index is 2.98. The van der Waals surface area contributed by atoms with Gasteiger partial charge in [-0.15, -0.1) is 0 Å². The summed E-state index contributed by atoms with van der Waals surface area (Å²) < 4.78 is 0. The zero-order valence-electron chi connectivity index (χ0n) is 7.49. The number of nitrogens with two attached hydrogens (primary N) is 1. The van der Waals surface area contributed by atoms with Gasteiger partial charge in [-0.05, 0) is 31.5 Å². The first-order chi connectivity index (χ1) is 6.15. The lowest BCUT2D eigenvalue weighted by atomic mass is 10.1. The van der Waals surface area contributed by atoms with Crippen LogP contribution in [0.25, 0.3) is 0 Å². The lowest BCUT2D eigenvalue weighted by Crippen LogP contribution is -2.03. The van der Waals surface area contributed by atoms with Gasteiger partial charge in [0.05, 0.1) is 4.92 Å². The predicted octanol–water partition coefficient (Wildman–Crippen LogP) is 1.40. The van der Waals surface area contributed by atoms with Crippen LogP contribution in [0.4, 0.5) is 5.69 Å². The van der Waals surface area contributed by atoms with Gasteiger partial charge in [-0.25, -0.2) is 0 Å². The van der Waals surface area contributed by atoms with Crippen LogP contribution in [0.5, 0.6) is 0 Å². The van der Waals surface area contributed by atoms with Gasteiger partial charge in [-0.2, -0.15) is 0 Å². The summed E-state index contributed by atoms with van der Waals surface area (Å²) in [5, 5.41) is 10.5. The number of nitrogens with zero attached hydrogens (tertiary/aromatic N) is 1. The fourth-order valence-electron chi connectivity index (χ4n) is 1.24. The van der Waals surface area contributed by atoms with Crippen LogP contribution < -0.4 is 5.73 Å². The van der Waals surface area contributed by atoms with Gasteiger partial charge >= 0.3 is 0 Å². The van der Waals surface area contributed by atoms with Crippen LogP contribution in [0.1, 0.15) is 11.1 Å². The molecule has 0 radical (unpaired) electrons. The number of hydrogen-bond donors (Lipinski definition) is 1. The van der Waals surface area contributed by atoms with Crippen LogP contribution in [-0.4, -0.2) is 11.5 Å². The monoisotopic (exact) mass is 180 g/mol. The van der Waals surface area contributed by atoms with E-state index in [1.807, 2.05) is 6.07 Å². The van der Waals surface area contributed by atoms with Crippen molar-refractivity contribution in [2.75, 3.05) is 6.54 Å². The number of nitro groups is 1. The smallest absolute Gasteiger partial charge is 0.272 e. The summed E-state index contributed by atoms with van der Waals surface area (Å²) in [4.78, 5) is 10.1. The molecule has 0 aromatic heterocycles. The molecular weight excluding hydrogens is 168 g/mol. The van der Waals surface area contributed by atoms with E-state index in [0.29, 0.717) is 12.1 Å². The van der Waals surface area contributed by atoms with E-state index in [-0.39, 0.29) is 10.6 Å². The van der Waals surface area contributed by atoms with E-state index in [4.69, 9.17) is 5.73 Å². The highest BCUT2D eigenvalue weighted by Crippen LogP contribution is 2.18. The Morgan fingerprint density at radius 2 is 2.23 bits per heavy atom. The molecule has 13 heavy (non-hydrogen) atoms. The molecule has 0 heterocycles. The molecule has 4 heteroatoms. The van der Waals surface area contributed by atoms with Crippen molar-refractivity contribution in [1.82, 2.24) is 0 Å². The highest BCUT2D eigenvalue weighted by Gasteiger charge is 2.09. The zero-order chi connectivity index (χ0) is 9.84. The van der Waals surface area contributed by atoms with Gasteiger partial charge in [-0.3, -0.25) is 10.1 Å². The molecule has 0 aliphatic rings. The summed E-state index contributed by atoms with van der Waals surface area (Å²) in [5.41, 5.74) is 7.28. The standard InChI is InChI=1S/C9H12N2O2/c1-7-6-8(4-5-10)2-3-9(7)11(12)13/h2-3,6H,4-5,10H2,1H3. The third kappa shape index (κ3) is 2.26. The minimum Gasteiger partial charge on any atom is -0.330 e. The Morgan fingerprint density at radius 3 is 2.69 bits per heavy atom. The van der Waals surface area contributed by atoms with Gasteiger partial charge in [0.2, 0.25) is 0 Å². The van der Waals surface area contributed by atoms with Crippen LogP contribution >= 0.6 is 0 Å². The molecule has 0 saturated heterocycles. The fourth-order valence-corrected chi connectivity index (χ4v) is 1.24. The van der Waals surface area contributed by atoms with Crippen molar-refractivity contribution >= 4 is 5.69 Å². The molecule has 0 bridgehead atoms. The first-order valence-electron chi connectivity index (χ1n) is 4.09. The summed E-state index contributed by atoms with van der Waals surface area (Å²) in [6.45, 7) is 2.30. The van der Waals surface area contributed by atoms with Crippen LogP contribution in [-0.2, 0) is 6.42 Å². The molecular formula is C9H12N2O2. The second-order valence-electron chi connectivity index (χ2n) is 2.92. The van der Waals surface area contributed by atoms with E-state index < -0.39 is 0 Å². The summed E-state index contributed by atoms with van der Waals surface area (Å²) in [7, 11) is 0. The highest BCUT2D eigenvalue weighted by molar-refractivity contribution is 5.41. The summed E-state index contributed by atoms with van der Waals surface area (Å²) in [6, 6.07) is 5.09. The molecule has 1 aromatic rings. The largest absolute Gasteiger partial charge is 0.330 e. The summed E-state index contributed by atoms with van der Waals surface area (Å²) in [5.74, 6) is 0. The number of aryl methyl sites for hydroxylation is 1. The third-order valence-corrected chi connectivity index (χ3v) is 1.89. The van der Waals surface area contributed by atoms with Crippen LogP contribution in [0, 0.1) is 17.0 Å². The molecule has 0 fully saturated rings. The molecule has 1 aromatic carbocycles. The zero-order valence-corrected chi connectivity index (χ0v) is 7.49. The molecule has 70 valence electrons. The van der Waals surface area contributed by atoms with Gasteiger partial charge in [0.15, 0.2) is 0 Å². The lowest BCUT2D eigenvalue weighted by Gasteiger charge is -2.00. The maximum absolute atomic E-state index is 10.5. The Kier molecular flexibility index (Phi) is 2.97. The molecule has 0 aliphatic heterocycles. The third-order valence-electron chi connectivity index (χ3n) is 1.89. The van der Waals surface area contributed by atoms with E-state index in [0.717, 1.165) is 12.0 Å². The number of benzene rings is 1. The Morgan fingerprint density at radius 1 is 1.54 bits per heavy atom. The minimum atomic E-state index is -0.373. The number of rotatable bonds is 3. The molecule has 1 rings (SSSR count). The Labute approximate surface area is 76.5 Å². The quantitative estimate of drug-likeness (QED) is 0.564. The summed E-state index contributed by atoms with van der Waals surface area (Å²) >= 11 is 0. The minimum absolute atomic E-state index is 0.167. The van der Waals surface area contributed by atoms with Crippen molar-refractivity contribution in [3.8, 4) is 0 Å². The molecule has 4 nitrogen and oxygen atoms in total. The molecule has 0 spiro atoms. The van der Waals surface area contributed by atoms with E-state index >= 15 is 0 Å². The number of nitro benzene ring substituents is 1. The first kappa shape index (κ1) is 9.67. The molecule has 0 atom stereocenters. The van der Waals surface area contributed by atoms with Crippen molar-refractivity contribution in [3.05, 3.63) is 39.4 Å². The van der Waals surface area contributed by atoms with Crippen LogP contribution in [0.2, 0.25) is 0 Å². The van der Waals surface area contributed by atoms with Crippen molar-refractivity contribution in [3.63, 3.8) is 0 Å². The summed E-state index contributed by atoms with van der Waals surface area (Å²) in [6.07, 6.45) is 0.763. The lowest BCUT2D eigenvalue weighted by molar-refractivity contribution is -0.385. The first-order valence-corrected chi connectivity index (χ1v) is 4.09. The van der Waals surface area contributed by atoms with Crippen molar-refractivity contribution < 1.29 is 4.92 Å². The topological polar surface area (TPSA) is 69.2 Å². The van der Waals surface area contributed by atoms with Gasteiger partial charge in [0.1, 0.15) is 0 Å². The van der Waals surface area contributed by atoms with Gasteiger partial charge < -0.3 is 5.73 Å². The number of hydrogen-bond acceptors (Lipinski definition) is 3. The van der Waals surface area contributed by atoms with E-state index in [1.54, 1.807) is 13.0 Å². The maximum Gasteiger partial charge on any atom is 0.272 e. The predicted molar refractivity (Wildman–Crippen MR) is 50.6 cm³/mol. The van der Waals surface area contributed by atoms with Gasteiger partial charge in [0.25, 0.3) is 5.69 Å². The molecule has 0 aliphatic carbocycles. The SMILES string of the molecule is Cc1cc(CCN)ccc1[N+](=O)[O-]. The van der Waals surface area contributed by atoms with Gasteiger partial charge in [0, 0.05) is 11.6 Å². The van der Waals surface area contributed by atoms with E-state index in [1.165, 1.54) is 6.07 Å². The van der Waals surface area contributed by atoms with E-state index in [2.05, 4.69) is 0 Å². The fraction of sp³-hybridized carbons (Fsp3) is 0.333. The van der Waals surface area contributed by atoms with Crippen molar-refractivity contribution in [1.29, 1.82) is 0 Å². The second kappa shape index (κ2) is 4.00. The Hall–Kier alpha value is -1.42. The molecule has 0 unspecified atom stereocenters. The van der Waals surface area contributed by atoms with Crippen molar-refractivity contribution in [2.24, 2.45) is 5.73 Å². The average Bonchev–Trinajstić information content (AvgIpc) is 2.04. The molecule has 0 saturated carbocycles.